The van der Waals surface area contributed by atoms with Crippen LogP contribution in [0.5, 0.6) is 5.75 Å². The summed E-state index contributed by atoms with van der Waals surface area (Å²) in [7, 11) is 0. The number of rotatable bonds is 9. The zero-order valence-corrected chi connectivity index (χ0v) is 17.1. The van der Waals surface area contributed by atoms with Crippen molar-refractivity contribution in [2.45, 2.75) is 57.9 Å². The molecule has 3 amide bonds. The summed E-state index contributed by atoms with van der Waals surface area (Å²) in [6.45, 7) is 4.06. The summed E-state index contributed by atoms with van der Waals surface area (Å²) >= 11 is 0. The van der Waals surface area contributed by atoms with Gasteiger partial charge < -0.3 is 10.5 Å². The van der Waals surface area contributed by atoms with Crippen molar-refractivity contribution in [1.29, 1.82) is 0 Å². The van der Waals surface area contributed by atoms with E-state index in [9.17, 15) is 14.4 Å². The van der Waals surface area contributed by atoms with Crippen molar-refractivity contribution >= 4 is 23.4 Å². The predicted octanol–water partition coefficient (Wildman–Crippen LogP) is 2.47. The number of likely N-dealkylation sites (tertiary alicyclic amines) is 1. The Morgan fingerprint density at radius 1 is 1.10 bits per heavy atom. The molecular weight excluding hydrogens is 370 g/mol. The largest absolute Gasteiger partial charge is 0.494 e. The van der Waals surface area contributed by atoms with E-state index < -0.39 is 6.04 Å². The Labute approximate surface area is 172 Å². The fourth-order valence-electron chi connectivity index (χ4n) is 4.08. The van der Waals surface area contributed by atoms with Gasteiger partial charge in [-0.3, -0.25) is 19.3 Å². The van der Waals surface area contributed by atoms with Crippen molar-refractivity contribution in [3.63, 3.8) is 0 Å². The summed E-state index contributed by atoms with van der Waals surface area (Å²) in [5.74, 6) is -0.0581. The third kappa shape index (κ3) is 5.15. The Hall–Kier alpha value is -2.41. The average Bonchev–Trinajstić information content (AvgIpc) is 3.02. The molecule has 0 aliphatic carbocycles. The van der Waals surface area contributed by atoms with E-state index in [-0.39, 0.29) is 30.1 Å². The molecule has 2 fully saturated rings. The summed E-state index contributed by atoms with van der Waals surface area (Å²) in [4.78, 5) is 40.1. The van der Waals surface area contributed by atoms with E-state index in [4.69, 9.17) is 10.5 Å². The van der Waals surface area contributed by atoms with E-state index in [1.807, 2.05) is 4.90 Å². The number of anilines is 1. The highest BCUT2D eigenvalue weighted by Gasteiger charge is 2.43. The molecular formula is C22H31N3O4. The van der Waals surface area contributed by atoms with Gasteiger partial charge in [-0.15, -0.1) is 0 Å². The van der Waals surface area contributed by atoms with Gasteiger partial charge in [-0.2, -0.15) is 0 Å². The van der Waals surface area contributed by atoms with Gasteiger partial charge in [0.25, 0.3) is 5.91 Å². The average molecular weight is 402 g/mol. The molecule has 1 atom stereocenters. The SMILES string of the molecule is CCCCCCOc1ccc(N2C(=O)CC(N3CCC(C(N)=O)CC3)C2=O)cc1. The van der Waals surface area contributed by atoms with E-state index in [2.05, 4.69) is 6.92 Å². The van der Waals surface area contributed by atoms with E-state index in [0.717, 1.165) is 18.6 Å². The van der Waals surface area contributed by atoms with E-state index in [1.165, 1.54) is 17.7 Å². The Balaban J connectivity index is 1.56. The van der Waals surface area contributed by atoms with Crippen LogP contribution >= 0.6 is 0 Å². The first-order chi connectivity index (χ1) is 14.0. The Bertz CT molecular complexity index is 726. The molecule has 29 heavy (non-hydrogen) atoms. The van der Waals surface area contributed by atoms with Gasteiger partial charge in [0, 0.05) is 5.92 Å². The molecule has 1 aromatic rings. The number of nitrogens with two attached hydrogens (primary N) is 1. The van der Waals surface area contributed by atoms with Crippen LogP contribution < -0.4 is 15.4 Å². The fraction of sp³-hybridized carbons (Fsp3) is 0.591. The van der Waals surface area contributed by atoms with Gasteiger partial charge in [-0.1, -0.05) is 26.2 Å². The molecule has 3 rings (SSSR count). The molecule has 2 heterocycles. The highest BCUT2D eigenvalue weighted by Crippen LogP contribution is 2.29. The second kappa shape index (κ2) is 9.87. The van der Waals surface area contributed by atoms with Gasteiger partial charge >= 0.3 is 0 Å². The van der Waals surface area contributed by atoms with Crippen molar-refractivity contribution < 1.29 is 19.1 Å². The first-order valence-electron chi connectivity index (χ1n) is 10.6. The molecule has 0 bridgehead atoms. The van der Waals surface area contributed by atoms with Crippen molar-refractivity contribution in [3.8, 4) is 5.75 Å². The Morgan fingerprint density at radius 3 is 2.41 bits per heavy atom. The number of unbranched alkanes of at least 4 members (excludes halogenated alkanes) is 3. The number of amides is 3. The highest BCUT2D eigenvalue weighted by atomic mass is 16.5. The highest BCUT2D eigenvalue weighted by molar-refractivity contribution is 6.22. The molecule has 158 valence electrons. The van der Waals surface area contributed by atoms with Crippen LogP contribution in [0.2, 0.25) is 0 Å². The summed E-state index contributed by atoms with van der Waals surface area (Å²) in [5, 5.41) is 0. The third-order valence-corrected chi connectivity index (χ3v) is 5.86. The lowest BCUT2D eigenvalue weighted by atomic mass is 9.95. The minimum Gasteiger partial charge on any atom is -0.494 e. The van der Waals surface area contributed by atoms with Crippen molar-refractivity contribution in [2.24, 2.45) is 11.7 Å². The zero-order chi connectivity index (χ0) is 20.8. The summed E-state index contributed by atoms with van der Waals surface area (Å²) < 4.78 is 5.74. The Kier molecular flexibility index (Phi) is 7.25. The topological polar surface area (TPSA) is 92.9 Å². The maximum atomic E-state index is 12.9. The molecule has 7 heteroatoms. The molecule has 0 spiro atoms. The van der Waals surface area contributed by atoms with Crippen molar-refractivity contribution in [3.05, 3.63) is 24.3 Å². The fourth-order valence-corrected chi connectivity index (χ4v) is 4.08. The van der Waals surface area contributed by atoms with Crippen LogP contribution in [-0.4, -0.2) is 48.4 Å². The standard InChI is InChI=1S/C22H31N3O4/c1-2-3-4-5-14-29-18-8-6-17(7-9-18)25-20(26)15-19(22(25)28)24-12-10-16(11-13-24)21(23)27/h6-9,16,19H,2-5,10-15H2,1H3,(H2,23,27). The van der Waals surface area contributed by atoms with Crippen molar-refractivity contribution in [2.75, 3.05) is 24.6 Å². The molecule has 7 nitrogen and oxygen atoms in total. The predicted molar refractivity (Wildman–Crippen MR) is 110 cm³/mol. The summed E-state index contributed by atoms with van der Waals surface area (Å²) in [6, 6.07) is 6.69. The third-order valence-electron chi connectivity index (χ3n) is 5.86. The van der Waals surface area contributed by atoms with Gasteiger partial charge in [-0.25, -0.2) is 4.90 Å². The molecule has 2 saturated heterocycles. The number of ether oxygens (including phenoxy) is 1. The number of piperidine rings is 1. The normalized spacial score (nSPS) is 21.0. The van der Waals surface area contributed by atoms with Gasteiger partial charge in [0.15, 0.2) is 0 Å². The van der Waals surface area contributed by atoms with Crippen LogP contribution in [0.25, 0.3) is 0 Å². The zero-order valence-electron chi connectivity index (χ0n) is 17.1. The number of imide groups is 1. The van der Waals surface area contributed by atoms with Gasteiger partial charge in [-0.05, 0) is 56.6 Å². The number of nitrogens with zero attached hydrogens (tertiary/aromatic N) is 2. The minimum absolute atomic E-state index is 0.135. The summed E-state index contributed by atoms with van der Waals surface area (Å²) in [5.41, 5.74) is 5.96. The number of primary amides is 1. The first-order valence-corrected chi connectivity index (χ1v) is 10.6. The maximum Gasteiger partial charge on any atom is 0.251 e. The van der Waals surface area contributed by atoms with E-state index in [1.54, 1.807) is 24.3 Å². The van der Waals surface area contributed by atoms with Gasteiger partial charge in [0.1, 0.15) is 5.75 Å². The molecule has 0 saturated carbocycles. The number of hydrogen-bond acceptors (Lipinski definition) is 5. The van der Waals surface area contributed by atoms with Crippen LogP contribution in [0.3, 0.4) is 0 Å². The number of benzene rings is 1. The molecule has 1 unspecified atom stereocenters. The second-order valence-corrected chi connectivity index (χ2v) is 7.90. The number of hydrogen-bond donors (Lipinski definition) is 1. The monoisotopic (exact) mass is 401 g/mol. The van der Waals surface area contributed by atoms with Crippen LogP contribution in [0, 0.1) is 5.92 Å². The summed E-state index contributed by atoms with van der Waals surface area (Å²) in [6.07, 6.45) is 6.03. The molecule has 2 aliphatic heterocycles. The number of carbonyl (C=O) groups is 3. The van der Waals surface area contributed by atoms with Crippen LogP contribution in [0.15, 0.2) is 24.3 Å². The maximum absolute atomic E-state index is 12.9. The lowest BCUT2D eigenvalue weighted by molar-refractivity contribution is -0.124. The number of carbonyl (C=O) groups excluding carboxylic acids is 3. The second-order valence-electron chi connectivity index (χ2n) is 7.90. The molecule has 2 N–H and O–H groups in total. The Morgan fingerprint density at radius 2 is 1.79 bits per heavy atom. The van der Waals surface area contributed by atoms with Crippen LogP contribution in [-0.2, 0) is 14.4 Å². The van der Waals surface area contributed by atoms with Crippen LogP contribution in [0.1, 0.15) is 51.9 Å². The van der Waals surface area contributed by atoms with Gasteiger partial charge in [0.05, 0.1) is 24.8 Å². The lowest BCUT2D eigenvalue weighted by Gasteiger charge is -2.33. The molecule has 0 radical (unpaired) electrons. The molecule has 2 aliphatic rings. The smallest absolute Gasteiger partial charge is 0.251 e. The van der Waals surface area contributed by atoms with Crippen LogP contribution in [0.4, 0.5) is 5.69 Å². The quantitative estimate of drug-likeness (QED) is 0.507. The molecule has 0 aromatic heterocycles. The lowest BCUT2D eigenvalue weighted by Crippen LogP contribution is -2.47. The van der Waals surface area contributed by atoms with Gasteiger partial charge in [0.2, 0.25) is 11.8 Å². The minimum atomic E-state index is -0.453. The first kappa shape index (κ1) is 21.3. The van der Waals surface area contributed by atoms with Crippen molar-refractivity contribution in [1.82, 2.24) is 4.90 Å². The van der Waals surface area contributed by atoms with E-state index in [0.29, 0.717) is 38.2 Å². The van der Waals surface area contributed by atoms with E-state index >= 15 is 0 Å². The molecule has 1 aromatic carbocycles.